The van der Waals surface area contributed by atoms with E-state index in [-0.39, 0.29) is 22.1 Å². The molecule has 2 heterocycles. The Hall–Kier alpha value is -1.07. The van der Waals surface area contributed by atoms with Gasteiger partial charge in [-0.15, -0.1) is 5.11 Å². The lowest BCUT2D eigenvalue weighted by Gasteiger charge is -2.41. The number of allylic oxidation sites excluding steroid dienone is 1. The topological polar surface area (TPSA) is 66.6 Å². The van der Waals surface area contributed by atoms with Crippen LogP contribution >= 0.6 is 8.07 Å². The fraction of sp³-hybridized carbons (Fsp3) is 0.765. The number of hydrogen-bond donors (Lipinski definition) is 0. The largest absolute Gasteiger partial charge is 0.544 e. The number of rotatable bonds is 2. The minimum Gasteiger partial charge on any atom is -0.544 e. The summed E-state index contributed by atoms with van der Waals surface area (Å²) in [5.74, 6) is 0.667. The Morgan fingerprint density at radius 1 is 1.20 bits per heavy atom. The highest BCUT2D eigenvalue weighted by molar-refractivity contribution is 7.62. The van der Waals surface area contributed by atoms with E-state index in [1.165, 1.54) is 0 Å². The Bertz CT molecular complexity index is 671. The third-order valence-electron chi connectivity index (χ3n) is 4.87. The molecule has 0 bridgehead atoms. The first kappa shape index (κ1) is 20.2. The molecule has 0 radical (unpaired) electrons. The molecule has 6 nitrogen and oxygen atoms in total. The van der Waals surface area contributed by atoms with Crippen molar-refractivity contribution in [2.75, 3.05) is 0 Å². The Kier molecular flexibility index (Phi) is 5.08. The zero-order chi connectivity index (χ0) is 19.4. The van der Waals surface area contributed by atoms with Gasteiger partial charge in [0.1, 0.15) is 19.3 Å². The van der Waals surface area contributed by atoms with Gasteiger partial charge in [-0.05, 0) is 25.1 Å². The third-order valence-corrected chi connectivity index (χ3v) is 11.6. The maximum atomic E-state index is 12.1. The molecule has 0 saturated carbocycles. The van der Waals surface area contributed by atoms with Crippen molar-refractivity contribution in [1.29, 1.82) is 0 Å². The van der Waals surface area contributed by atoms with Crippen molar-refractivity contribution in [3.63, 3.8) is 0 Å². The summed E-state index contributed by atoms with van der Waals surface area (Å²) < 4.78 is 8.29. The smallest absolute Gasteiger partial charge is 0.250 e. The second-order valence-electron chi connectivity index (χ2n) is 9.25. The van der Waals surface area contributed by atoms with Gasteiger partial charge in [0.2, 0.25) is 14.2 Å². The van der Waals surface area contributed by atoms with Crippen molar-refractivity contribution in [2.24, 2.45) is 20.7 Å². The molecule has 140 valence electrons. The molecule has 0 aliphatic carbocycles. The van der Waals surface area contributed by atoms with Crippen LogP contribution in [0.2, 0.25) is 18.1 Å². The van der Waals surface area contributed by atoms with Gasteiger partial charge in [-0.25, -0.2) is 4.78 Å². The molecule has 0 aromatic heterocycles. The lowest BCUT2D eigenvalue weighted by Crippen LogP contribution is -2.42. The van der Waals surface area contributed by atoms with Gasteiger partial charge in [0, 0.05) is 12.3 Å². The van der Waals surface area contributed by atoms with E-state index in [0.29, 0.717) is 0 Å². The van der Waals surface area contributed by atoms with Crippen LogP contribution in [-0.2, 0) is 9.22 Å². The van der Waals surface area contributed by atoms with Crippen LogP contribution in [0.4, 0.5) is 0 Å². The first-order valence-electron chi connectivity index (χ1n) is 8.66. The maximum absolute atomic E-state index is 12.1. The SMILES string of the molecule is CC(=O)N1N=C(C)C2N=N/C(=C(\O[Si](C)(C)C(C)(C)C)C(C)(C)C)P21. The van der Waals surface area contributed by atoms with Crippen LogP contribution < -0.4 is 0 Å². The molecule has 8 heteroatoms. The Labute approximate surface area is 153 Å². The minimum atomic E-state index is -2.05. The number of carbonyl (C=O) groups is 1. The van der Waals surface area contributed by atoms with E-state index in [9.17, 15) is 4.79 Å². The van der Waals surface area contributed by atoms with E-state index in [1.54, 1.807) is 11.7 Å². The van der Waals surface area contributed by atoms with E-state index < -0.39 is 16.4 Å². The summed E-state index contributed by atoms with van der Waals surface area (Å²) in [4.78, 5) is 12.1. The highest BCUT2D eigenvalue weighted by Gasteiger charge is 2.49. The standard InChI is InChI=1S/C17H31N4O2PSi/c1-11-14-18-19-15(24(14)21(20-11)12(2)22)13(16(3,4)5)23-25(9,10)17(6,7)8/h14H,1-10H3/b15-13+. The van der Waals surface area contributed by atoms with E-state index in [1.807, 2.05) is 6.92 Å². The molecule has 0 aromatic carbocycles. The highest BCUT2D eigenvalue weighted by atomic mass is 31.1. The summed E-state index contributed by atoms with van der Waals surface area (Å²) in [5.41, 5.74) is 1.44. The van der Waals surface area contributed by atoms with Gasteiger partial charge in [0.05, 0.1) is 5.71 Å². The lowest BCUT2D eigenvalue weighted by molar-refractivity contribution is -0.124. The van der Waals surface area contributed by atoms with E-state index in [2.05, 4.69) is 70.0 Å². The molecule has 0 saturated heterocycles. The van der Waals surface area contributed by atoms with Crippen LogP contribution in [0, 0.1) is 5.41 Å². The molecule has 0 N–H and O–H groups in total. The average molecular weight is 383 g/mol. The normalized spacial score (nSPS) is 25.8. The number of fused-ring (bicyclic) bond motifs is 1. The zero-order valence-corrected chi connectivity index (χ0v) is 19.0. The van der Waals surface area contributed by atoms with Crippen molar-refractivity contribution in [3.05, 3.63) is 11.2 Å². The Morgan fingerprint density at radius 3 is 2.20 bits per heavy atom. The molecule has 2 rings (SSSR count). The summed E-state index contributed by atoms with van der Waals surface area (Å²) in [6.45, 7) is 21.0. The van der Waals surface area contributed by atoms with Crippen LogP contribution in [-0.4, -0.2) is 30.5 Å². The molecule has 0 aromatic rings. The van der Waals surface area contributed by atoms with E-state index >= 15 is 0 Å². The molecule has 2 atom stereocenters. The quantitative estimate of drug-likeness (QED) is 0.352. The summed E-state index contributed by atoms with van der Waals surface area (Å²) in [5, 5.41) is 13.4. The zero-order valence-electron chi connectivity index (χ0n) is 17.1. The molecular weight excluding hydrogens is 351 g/mol. The fourth-order valence-electron chi connectivity index (χ4n) is 2.34. The number of hydrogen-bond acceptors (Lipinski definition) is 5. The minimum absolute atomic E-state index is 0.0710. The van der Waals surface area contributed by atoms with E-state index in [4.69, 9.17) is 4.43 Å². The van der Waals surface area contributed by atoms with E-state index in [0.717, 1.165) is 16.9 Å². The molecule has 0 spiro atoms. The van der Waals surface area contributed by atoms with Crippen LogP contribution in [0.25, 0.3) is 0 Å². The highest BCUT2D eigenvalue weighted by Crippen LogP contribution is 2.64. The molecular formula is C17H31N4O2PSi. The molecule has 25 heavy (non-hydrogen) atoms. The maximum Gasteiger partial charge on any atom is 0.250 e. The Morgan fingerprint density at radius 2 is 1.76 bits per heavy atom. The van der Waals surface area contributed by atoms with Gasteiger partial charge < -0.3 is 4.43 Å². The molecule has 2 aliphatic rings. The van der Waals surface area contributed by atoms with Crippen molar-refractivity contribution < 1.29 is 9.22 Å². The summed E-state index contributed by atoms with van der Waals surface area (Å²) in [6, 6.07) is 0. The van der Waals surface area contributed by atoms with Crippen molar-refractivity contribution in [3.8, 4) is 0 Å². The second-order valence-corrected chi connectivity index (χ2v) is 16.0. The van der Waals surface area contributed by atoms with Crippen molar-refractivity contribution >= 4 is 28.0 Å². The summed E-state index contributed by atoms with van der Waals surface area (Å²) in [7, 11) is -3.11. The summed E-state index contributed by atoms with van der Waals surface area (Å²) >= 11 is 0. The van der Waals surface area contributed by atoms with Gasteiger partial charge in [0.15, 0.2) is 5.78 Å². The van der Waals surface area contributed by atoms with Crippen LogP contribution in [0.1, 0.15) is 55.4 Å². The monoisotopic (exact) mass is 382 g/mol. The lowest BCUT2D eigenvalue weighted by atomic mass is 9.94. The van der Waals surface area contributed by atoms with Crippen LogP contribution in [0.3, 0.4) is 0 Å². The molecule has 1 amide bonds. The first-order chi connectivity index (χ1) is 11.2. The number of nitrogens with zero attached hydrogens (tertiary/aromatic N) is 4. The number of amides is 1. The first-order valence-corrected chi connectivity index (χ1v) is 12.9. The summed E-state index contributed by atoms with van der Waals surface area (Å²) in [6.07, 6.45) is 0. The third kappa shape index (κ3) is 3.72. The second kappa shape index (κ2) is 6.27. The van der Waals surface area contributed by atoms with Gasteiger partial charge in [-0.2, -0.15) is 10.2 Å². The average Bonchev–Trinajstić information content (AvgIpc) is 2.95. The molecule has 2 unspecified atom stereocenters. The van der Waals surface area contributed by atoms with Crippen molar-refractivity contribution in [2.45, 2.75) is 79.3 Å². The van der Waals surface area contributed by atoms with Crippen LogP contribution in [0.5, 0.6) is 0 Å². The predicted octanol–water partition coefficient (Wildman–Crippen LogP) is 5.65. The fourth-order valence-corrected chi connectivity index (χ4v) is 6.09. The Balaban J connectivity index is 2.55. The number of carbonyl (C=O) groups excluding carboxylic acids is 1. The van der Waals surface area contributed by atoms with Gasteiger partial charge in [-0.1, -0.05) is 41.5 Å². The van der Waals surface area contributed by atoms with Crippen molar-refractivity contribution in [1.82, 2.24) is 4.78 Å². The van der Waals surface area contributed by atoms with Gasteiger partial charge >= 0.3 is 0 Å². The van der Waals surface area contributed by atoms with Gasteiger partial charge in [0.25, 0.3) is 0 Å². The molecule has 0 fully saturated rings. The van der Waals surface area contributed by atoms with Crippen LogP contribution in [0.15, 0.2) is 26.5 Å². The predicted molar refractivity (Wildman–Crippen MR) is 106 cm³/mol. The number of azo groups is 1. The molecule has 2 aliphatic heterocycles. The number of hydrazone groups is 1. The van der Waals surface area contributed by atoms with Gasteiger partial charge in [-0.3, -0.25) is 4.79 Å².